The molecular formula is C20H30N4O3. The lowest BCUT2D eigenvalue weighted by Crippen LogP contribution is -2.40. The van der Waals surface area contributed by atoms with Crippen LogP contribution in [0.5, 0.6) is 0 Å². The molecule has 0 spiro atoms. The van der Waals surface area contributed by atoms with Crippen molar-refractivity contribution < 1.29 is 14.3 Å². The summed E-state index contributed by atoms with van der Waals surface area (Å²) >= 11 is 0. The van der Waals surface area contributed by atoms with Crippen LogP contribution in [0.2, 0.25) is 0 Å². The van der Waals surface area contributed by atoms with Crippen LogP contribution in [-0.4, -0.2) is 62.1 Å². The van der Waals surface area contributed by atoms with Gasteiger partial charge in [0.05, 0.1) is 17.9 Å². The predicted octanol–water partition coefficient (Wildman–Crippen LogP) is 0.918. The number of amides is 2. The number of fused-ring (bicyclic) bond motifs is 5. The Balaban J connectivity index is 1.16. The number of likely N-dealkylation sites (tertiary alicyclic amines) is 1. The van der Waals surface area contributed by atoms with Crippen molar-refractivity contribution in [2.75, 3.05) is 33.3 Å². The molecule has 2 aliphatic heterocycles. The molecule has 7 nitrogen and oxygen atoms in total. The molecule has 4 aliphatic rings. The molecule has 2 saturated heterocycles. The highest BCUT2D eigenvalue weighted by atomic mass is 16.5. The minimum absolute atomic E-state index is 0.0425. The fourth-order valence-corrected chi connectivity index (χ4v) is 5.07. The van der Waals surface area contributed by atoms with E-state index in [9.17, 15) is 9.59 Å². The number of ether oxygens (including phenoxy) is 1. The van der Waals surface area contributed by atoms with Crippen molar-refractivity contribution in [3.05, 3.63) is 12.2 Å². The van der Waals surface area contributed by atoms with Crippen molar-refractivity contribution in [2.45, 2.75) is 38.2 Å². The van der Waals surface area contributed by atoms with Crippen molar-refractivity contribution in [1.82, 2.24) is 15.5 Å². The largest absolute Gasteiger partial charge is 0.378 e. The number of carbonyl (C=O) groups excluding carboxylic acids is 2. The first-order valence-electron chi connectivity index (χ1n) is 10.3. The number of imide groups is 1. The molecule has 0 radical (unpaired) electrons. The summed E-state index contributed by atoms with van der Waals surface area (Å²) in [5.74, 6) is 1.23. The van der Waals surface area contributed by atoms with E-state index < -0.39 is 0 Å². The highest BCUT2D eigenvalue weighted by Gasteiger charge is 2.58. The van der Waals surface area contributed by atoms with Gasteiger partial charge < -0.3 is 15.4 Å². The number of aliphatic imine (C=N–C) groups is 1. The number of hydrogen-bond donors (Lipinski definition) is 2. The fourth-order valence-electron chi connectivity index (χ4n) is 5.07. The summed E-state index contributed by atoms with van der Waals surface area (Å²) in [6.07, 6.45) is 9.63. The highest BCUT2D eigenvalue weighted by Crippen LogP contribution is 2.52. The molecule has 148 valence electrons. The zero-order chi connectivity index (χ0) is 18.8. The monoisotopic (exact) mass is 374 g/mol. The molecule has 2 heterocycles. The van der Waals surface area contributed by atoms with E-state index >= 15 is 0 Å². The Morgan fingerprint density at radius 2 is 1.89 bits per heavy atom. The molecule has 2 amide bonds. The third kappa shape index (κ3) is 3.61. The van der Waals surface area contributed by atoms with Crippen molar-refractivity contribution in [3.8, 4) is 0 Å². The average Bonchev–Trinajstić information content (AvgIpc) is 3.44. The van der Waals surface area contributed by atoms with Gasteiger partial charge >= 0.3 is 0 Å². The Kier molecular flexibility index (Phi) is 5.48. The zero-order valence-corrected chi connectivity index (χ0v) is 16.0. The topological polar surface area (TPSA) is 83.0 Å². The van der Waals surface area contributed by atoms with Crippen molar-refractivity contribution >= 4 is 17.8 Å². The van der Waals surface area contributed by atoms with E-state index in [1.165, 1.54) is 4.90 Å². The maximum absolute atomic E-state index is 12.6. The van der Waals surface area contributed by atoms with Crippen LogP contribution in [0.15, 0.2) is 17.1 Å². The second-order valence-corrected chi connectivity index (χ2v) is 8.03. The van der Waals surface area contributed by atoms with Crippen molar-refractivity contribution in [2.24, 2.45) is 28.7 Å². The second kappa shape index (κ2) is 8.00. The minimum atomic E-state index is -0.0901. The molecule has 2 aliphatic carbocycles. The lowest BCUT2D eigenvalue weighted by atomic mass is 9.85. The van der Waals surface area contributed by atoms with E-state index in [0.717, 1.165) is 51.2 Å². The van der Waals surface area contributed by atoms with Gasteiger partial charge in [-0.3, -0.25) is 19.5 Å². The van der Waals surface area contributed by atoms with E-state index in [0.29, 0.717) is 19.2 Å². The van der Waals surface area contributed by atoms with Gasteiger partial charge in [-0.25, -0.2) is 0 Å². The summed E-state index contributed by atoms with van der Waals surface area (Å²) < 4.78 is 5.62. The lowest BCUT2D eigenvalue weighted by Gasteiger charge is -2.18. The highest BCUT2D eigenvalue weighted by molar-refractivity contribution is 6.06. The van der Waals surface area contributed by atoms with Crippen molar-refractivity contribution in [1.29, 1.82) is 0 Å². The molecule has 5 unspecified atom stereocenters. The molecular weight excluding hydrogens is 344 g/mol. The molecule has 7 heteroatoms. The first-order chi connectivity index (χ1) is 13.2. The summed E-state index contributed by atoms with van der Waals surface area (Å²) in [5.41, 5.74) is 0. The van der Waals surface area contributed by atoms with E-state index in [4.69, 9.17) is 4.74 Å². The molecule has 3 fully saturated rings. The Morgan fingerprint density at radius 3 is 2.52 bits per heavy atom. The van der Waals surface area contributed by atoms with E-state index in [1.807, 2.05) is 0 Å². The van der Waals surface area contributed by atoms with Crippen LogP contribution in [0.1, 0.15) is 32.1 Å². The summed E-state index contributed by atoms with van der Waals surface area (Å²) in [4.78, 5) is 31.0. The van der Waals surface area contributed by atoms with Gasteiger partial charge in [-0.1, -0.05) is 12.2 Å². The Hall–Kier alpha value is -1.89. The first kappa shape index (κ1) is 18.5. The average molecular weight is 374 g/mol. The minimum Gasteiger partial charge on any atom is -0.378 e. The summed E-state index contributed by atoms with van der Waals surface area (Å²) in [7, 11) is 1.75. The summed E-state index contributed by atoms with van der Waals surface area (Å²) in [5, 5.41) is 6.56. The molecule has 0 aromatic carbocycles. The molecule has 5 atom stereocenters. The van der Waals surface area contributed by atoms with Crippen LogP contribution >= 0.6 is 0 Å². The van der Waals surface area contributed by atoms with Gasteiger partial charge in [-0.2, -0.15) is 0 Å². The van der Waals surface area contributed by atoms with Crippen LogP contribution in [0, 0.1) is 23.7 Å². The maximum atomic E-state index is 12.6. The van der Waals surface area contributed by atoms with E-state index in [-0.39, 0.29) is 35.5 Å². The molecule has 0 aromatic heterocycles. The SMILES string of the molecule is CN=C(NCCCN1C(=O)C2C3C=CC(C3)C2C1=O)NCCC1CCCO1. The first-order valence-corrected chi connectivity index (χ1v) is 10.3. The molecule has 1 saturated carbocycles. The van der Waals surface area contributed by atoms with Gasteiger partial charge in [0.1, 0.15) is 0 Å². The molecule has 4 rings (SSSR count). The standard InChI is InChI=1S/C20H30N4O3/c1-21-20(23-9-7-15-4-2-11-27-15)22-8-3-10-24-18(25)16-13-5-6-14(12-13)17(16)19(24)26/h5-6,13-17H,2-4,7-12H2,1H3,(H2,21,22,23). The van der Waals surface area contributed by atoms with Crippen LogP contribution in [0.3, 0.4) is 0 Å². The Morgan fingerprint density at radius 1 is 1.19 bits per heavy atom. The van der Waals surface area contributed by atoms with Crippen LogP contribution < -0.4 is 10.6 Å². The second-order valence-electron chi connectivity index (χ2n) is 8.03. The third-order valence-electron chi connectivity index (χ3n) is 6.42. The number of nitrogens with one attached hydrogen (secondary N) is 2. The van der Waals surface area contributed by atoms with Gasteiger partial charge in [0.2, 0.25) is 11.8 Å². The van der Waals surface area contributed by atoms with E-state index in [1.54, 1.807) is 7.05 Å². The van der Waals surface area contributed by atoms with Crippen LogP contribution in [0.25, 0.3) is 0 Å². The van der Waals surface area contributed by atoms with Gasteiger partial charge in [0.15, 0.2) is 5.96 Å². The van der Waals surface area contributed by atoms with Gasteiger partial charge in [-0.05, 0) is 43.9 Å². The predicted molar refractivity (Wildman–Crippen MR) is 102 cm³/mol. The Labute approximate surface area is 160 Å². The quantitative estimate of drug-likeness (QED) is 0.228. The smallest absolute Gasteiger partial charge is 0.233 e. The number of carbonyl (C=O) groups is 2. The fraction of sp³-hybridized carbons (Fsp3) is 0.750. The lowest BCUT2D eigenvalue weighted by molar-refractivity contribution is -0.140. The number of rotatable bonds is 7. The van der Waals surface area contributed by atoms with Crippen LogP contribution in [0.4, 0.5) is 0 Å². The number of guanidine groups is 1. The number of nitrogens with zero attached hydrogens (tertiary/aromatic N) is 2. The third-order valence-corrected chi connectivity index (χ3v) is 6.42. The Bertz CT molecular complexity index is 611. The molecule has 2 N–H and O–H groups in total. The van der Waals surface area contributed by atoms with Gasteiger partial charge in [0, 0.05) is 33.3 Å². The van der Waals surface area contributed by atoms with Gasteiger partial charge in [0.25, 0.3) is 0 Å². The van der Waals surface area contributed by atoms with Gasteiger partial charge in [-0.15, -0.1) is 0 Å². The molecule has 27 heavy (non-hydrogen) atoms. The number of hydrogen-bond acceptors (Lipinski definition) is 4. The molecule has 0 aromatic rings. The van der Waals surface area contributed by atoms with Crippen LogP contribution in [-0.2, 0) is 14.3 Å². The number of allylic oxidation sites excluding steroid dienone is 2. The molecule has 2 bridgehead atoms. The summed E-state index contributed by atoms with van der Waals surface area (Å²) in [6, 6.07) is 0. The van der Waals surface area contributed by atoms with E-state index in [2.05, 4.69) is 27.8 Å². The van der Waals surface area contributed by atoms with Crippen molar-refractivity contribution in [3.63, 3.8) is 0 Å². The zero-order valence-electron chi connectivity index (χ0n) is 16.0. The summed E-state index contributed by atoms with van der Waals surface area (Å²) in [6.45, 7) is 2.87. The maximum Gasteiger partial charge on any atom is 0.233 e. The normalized spacial score (nSPS) is 34.6.